The van der Waals surface area contributed by atoms with Crippen LogP contribution in [0.15, 0.2) is 29.2 Å². The van der Waals surface area contributed by atoms with Gasteiger partial charge in [-0.3, -0.25) is 4.79 Å². The van der Waals surface area contributed by atoms with Gasteiger partial charge in [-0.2, -0.15) is 0 Å². The zero-order valence-electron chi connectivity index (χ0n) is 9.03. The zero-order chi connectivity index (χ0) is 10.7. The highest BCUT2D eigenvalue weighted by Crippen LogP contribution is 2.19. The number of hydrogen-bond acceptors (Lipinski definition) is 3. The van der Waals surface area contributed by atoms with E-state index in [0.29, 0.717) is 0 Å². The summed E-state index contributed by atoms with van der Waals surface area (Å²) in [5.74, 6) is 0.0690. The van der Waals surface area contributed by atoms with Crippen molar-refractivity contribution >= 4 is 35.8 Å². The maximum Gasteiger partial charge on any atom is 0.241 e. The van der Waals surface area contributed by atoms with Gasteiger partial charge in [0.25, 0.3) is 0 Å². The van der Waals surface area contributed by atoms with Gasteiger partial charge in [0.05, 0.1) is 6.04 Å². The van der Waals surface area contributed by atoms with Crippen molar-refractivity contribution in [1.82, 2.24) is 5.32 Å². The number of nitrogens with one attached hydrogen (secondary N) is 2. The molecule has 1 aromatic carbocycles. The maximum atomic E-state index is 11.6. The van der Waals surface area contributed by atoms with E-state index in [4.69, 9.17) is 0 Å². The molecule has 2 N–H and O–H groups in total. The van der Waals surface area contributed by atoms with Crippen LogP contribution in [0, 0.1) is 0 Å². The first-order valence-electron chi connectivity index (χ1n) is 4.98. The monoisotopic (exact) mass is 258 g/mol. The average Bonchev–Trinajstić information content (AvgIpc) is 2.15. The van der Waals surface area contributed by atoms with Crippen LogP contribution in [0.2, 0.25) is 0 Å². The van der Waals surface area contributed by atoms with E-state index in [1.807, 2.05) is 30.5 Å². The van der Waals surface area contributed by atoms with Gasteiger partial charge in [0.1, 0.15) is 0 Å². The Kier molecular flexibility index (Phi) is 5.12. The van der Waals surface area contributed by atoms with Crippen molar-refractivity contribution < 1.29 is 4.79 Å². The molecule has 0 aliphatic carbocycles. The second-order valence-electron chi connectivity index (χ2n) is 3.52. The Morgan fingerprint density at radius 3 is 2.88 bits per heavy atom. The molecule has 1 atom stereocenters. The summed E-state index contributed by atoms with van der Waals surface area (Å²) in [7, 11) is 0. The maximum absolute atomic E-state index is 11.6. The van der Waals surface area contributed by atoms with Crippen molar-refractivity contribution in [2.45, 2.75) is 17.4 Å². The largest absolute Gasteiger partial charge is 0.325 e. The number of amides is 1. The Hall–Kier alpha value is -0.710. The third kappa shape index (κ3) is 3.14. The lowest BCUT2D eigenvalue weighted by atomic mass is 10.1. The highest BCUT2D eigenvalue weighted by molar-refractivity contribution is 7.98. The van der Waals surface area contributed by atoms with Gasteiger partial charge >= 0.3 is 0 Å². The van der Waals surface area contributed by atoms with E-state index in [0.717, 1.165) is 23.5 Å². The minimum absolute atomic E-state index is 0. The molecule has 1 aromatic rings. The second kappa shape index (κ2) is 6.13. The fourth-order valence-corrected chi connectivity index (χ4v) is 1.90. The van der Waals surface area contributed by atoms with Crippen molar-refractivity contribution in [2.75, 3.05) is 18.1 Å². The van der Waals surface area contributed by atoms with E-state index in [-0.39, 0.29) is 24.4 Å². The number of rotatable bonds is 3. The number of carbonyl (C=O) groups is 1. The van der Waals surface area contributed by atoms with Gasteiger partial charge in [0.15, 0.2) is 0 Å². The van der Waals surface area contributed by atoms with Crippen LogP contribution in [-0.4, -0.2) is 24.7 Å². The SMILES string of the molecule is CSc1cccc(NC(=O)[C@H]2CCN2)c1.Cl. The van der Waals surface area contributed by atoms with E-state index < -0.39 is 0 Å². The lowest BCUT2D eigenvalue weighted by molar-refractivity contribution is -0.119. The summed E-state index contributed by atoms with van der Waals surface area (Å²) >= 11 is 1.67. The van der Waals surface area contributed by atoms with Gasteiger partial charge in [-0.05, 0) is 37.4 Å². The highest BCUT2D eigenvalue weighted by atomic mass is 35.5. The van der Waals surface area contributed by atoms with Crippen LogP contribution in [-0.2, 0) is 4.79 Å². The van der Waals surface area contributed by atoms with Crippen LogP contribution in [0.4, 0.5) is 5.69 Å². The zero-order valence-corrected chi connectivity index (χ0v) is 10.7. The number of carbonyl (C=O) groups excluding carboxylic acids is 1. The van der Waals surface area contributed by atoms with Gasteiger partial charge in [0, 0.05) is 10.6 Å². The summed E-state index contributed by atoms with van der Waals surface area (Å²) in [6, 6.07) is 7.89. The highest BCUT2D eigenvalue weighted by Gasteiger charge is 2.24. The second-order valence-corrected chi connectivity index (χ2v) is 4.40. The lowest BCUT2D eigenvalue weighted by Gasteiger charge is -2.26. The van der Waals surface area contributed by atoms with E-state index in [9.17, 15) is 4.79 Å². The van der Waals surface area contributed by atoms with Crippen LogP contribution in [0.5, 0.6) is 0 Å². The van der Waals surface area contributed by atoms with E-state index in [1.54, 1.807) is 11.8 Å². The summed E-state index contributed by atoms with van der Waals surface area (Å²) in [4.78, 5) is 12.8. The number of halogens is 1. The van der Waals surface area contributed by atoms with Crippen molar-refractivity contribution in [1.29, 1.82) is 0 Å². The lowest BCUT2D eigenvalue weighted by Crippen LogP contribution is -2.50. The van der Waals surface area contributed by atoms with Crippen LogP contribution in [0.25, 0.3) is 0 Å². The first kappa shape index (κ1) is 13.4. The van der Waals surface area contributed by atoms with Crippen molar-refractivity contribution in [3.05, 3.63) is 24.3 Å². The summed E-state index contributed by atoms with van der Waals surface area (Å²) in [6.07, 6.45) is 2.96. The van der Waals surface area contributed by atoms with Crippen molar-refractivity contribution in [2.24, 2.45) is 0 Å². The molecule has 1 aliphatic rings. The van der Waals surface area contributed by atoms with Crippen molar-refractivity contribution in [3.8, 4) is 0 Å². The molecule has 5 heteroatoms. The molecule has 16 heavy (non-hydrogen) atoms. The molecule has 1 heterocycles. The summed E-state index contributed by atoms with van der Waals surface area (Å²) < 4.78 is 0. The number of benzene rings is 1. The van der Waals surface area contributed by atoms with E-state index in [1.165, 1.54) is 0 Å². The summed E-state index contributed by atoms with van der Waals surface area (Å²) in [5.41, 5.74) is 0.876. The first-order chi connectivity index (χ1) is 7.29. The summed E-state index contributed by atoms with van der Waals surface area (Å²) in [5, 5.41) is 5.98. The molecule has 3 nitrogen and oxygen atoms in total. The molecule has 1 aliphatic heterocycles. The van der Waals surface area contributed by atoms with Crippen molar-refractivity contribution in [3.63, 3.8) is 0 Å². The van der Waals surface area contributed by atoms with Crippen LogP contribution >= 0.6 is 24.2 Å². The Morgan fingerprint density at radius 1 is 1.56 bits per heavy atom. The number of anilines is 1. The fourth-order valence-electron chi connectivity index (χ4n) is 1.44. The Balaban J connectivity index is 0.00000128. The number of hydrogen-bond donors (Lipinski definition) is 2. The molecule has 0 spiro atoms. The van der Waals surface area contributed by atoms with Gasteiger partial charge in [0.2, 0.25) is 5.91 Å². The smallest absolute Gasteiger partial charge is 0.241 e. The molecule has 2 rings (SSSR count). The molecular weight excluding hydrogens is 244 g/mol. The molecular formula is C11H15ClN2OS. The van der Waals surface area contributed by atoms with Crippen LogP contribution < -0.4 is 10.6 Å². The average molecular weight is 259 g/mol. The van der Waals surface area contributed by atoms with Crippen LogP contribution in [0.1, 0.15) is 6.42 Å². The predicted molar refractivity (Wildman–Crippen MR) is 70.5 cm³/mol. The molecule has 0 saturated carbocycles. The standard InChI is InChI=1S/C11H14N2OS.ClH/c1-15-9-4-2-3-8(7-9)13-11(14)10-5-6-12-10;/h2-4,7,10,12H,5-6H2,1H3,(H,13,14);1H/t10-;/m1./s1. The topological polar surface area (TPSA) is 41.1 Å². The van der Waals surface area contributed by atoms with Crippen LogP contribution in [0.3, 0.4) is 0 Å². The van der Waals surface area contributed by atoms with Gasteiger partial charge in [-0.1, -0.05) is 6.07 Å². The minimum atomic E-state index is 0. The molecule has 0 radical (unpaired) electrons. The normalized spacial score (nSPS) is 18.2. The quantitative estimate of drug-likeness (QED) is 0.817. The molecule has 88 valence electrons. The predicted octanol–water partition coefficient (Wildman–Crippen LogP) is 2.13. The Labute approximate surface area is 106 Å². The van der Waals surface area contributed by atoms with Gasteiger partial charge < -0.3 is 10.6 Å². The van der Waals surface area contributed by atoms with Gasteiger partial charge in [-0.25, -0.2) is 0 Å². The van der Waals surface area contributed by atoms with E-state index >= 15 is 0 Å². The molecule has 1 fully saturated rings. The molecule has 1 saturated heterocycles. The third-order valence-corrected chi connectivity index (χ3v) is 3.20. The fraction of sp³-hybridized carbons (Fsp3) is 0.364. The molecule has 0 unspecified atom stereocenters. The third-order valence-electron chi connectivity index (χ3n) is 2.48. The van der Waals surface area contributed by atoms with E-state index in [2.05, 4.69) is 10.6 Å². The Morgan fingerprint density at radius 2 is 2.31 bits per heavy atom. The molecule has 0 bridgehead atoms. The van der Waals surface area contributed by atoms with Gasteiger partial charge in [-0.15, -0.1) is 24.2 Å². The molecule has 0 aromatic heterocycles. The minimum Gasteiger partial charge on any atom is -0.325 e. The summed E-state index contributed by atoms with van der Waals surface area (Å²) in [6.45, 7) is 0.947. The first-order valence-corrected chi connectivity index (χ1v) is 6.20. The number of thioether (sulfide) groups is 1. The Bertz CT molecular complexity index is 369. The molecule has 1 amide bonds.